The van der Waals surface area contributed by atoms with Gasteiger partial charge in [0.25, 0.3) is 0 Å². The molecule has 2 heterocycles. The Hall–Kier alpha value is -3.33. The van der Waals surface area contributed by atoms with E-state index in [0.29, 0.717) is 45.4 Å². The number of anilines is 1. The van der Waals surface area contributed by atoms with Gasteiger partial charge in [-0.3, -0.25) is 9.69 Å². The Balaban J connectivity index is 1.88. The van der Waals surface area contributed by atoms with Gasteiger partial charge in [-0.25, -0.2) is 0 Å². The second-order valence-corrected chi connectivity index (χ2v) is 9.83. The Bertz CT molecular complexity index is 1230. The topological polar surface area (TPSA) is 86.7 Å². The number of rotatable bonds is 7. The van der Waals surface area contributed by atoms with Crippen molar-refractivity contribution in [2.75, 3.05) is 24.9 Å². The van der Waals surface area contributed by atoms with Crippen LogP contribution in [-0.4, -0.2) is 41.1 Å². The van der Waals surface area contributed by atoms with Crippen LogP contribution in [0.2, 0.25) is 0 Å². The predicted molar refractivity (Wildman–Crippen MR) is 136 cm³/mol. The molecule has 0 bridgehead atoms. The first-order valence-electron chi connectivity index (χ1n) is 11.5. The molecule has 35 heavy (non-hydrogen) atoms. The summed E-state index contributed by atoms with van der Waals surface area (Å²) in [5, 5.41) is 9.40. The number of aromatic nitrogens is 3. The van der Waals surface area contributed by atoms with Crippen LogP contribution in [0.4, 0.5) is 5.69 Å². The first kappa shape index (κ1) is 24.8. The van der Waals surface area contributed by atoms with Crippen LogP contribution in [0.25, 0.3) is 11.3 Å². The maximum Gasteiger partial charge on any atom is 0.247 e. The van der Waals surface area contributed by atoms with Crippen molar-refractivity contribution in [3.8, 4) is 28.6 Å². The molecule has 1 atom stereocenters. The second-order valence-electron chi connectivity index (χ2n) is 8.77. The molecule has 184 valence electrons. The minimum Gasteiger partial charge on any atom is -0.497 e. The number of aryl methyl sites for hydroxylation is 1. The molecule has 0 fully saturated rings. The summed E-state index contributed by atoms with van der Waals surface area (Å²) in [4.78, 5) is 19.4. The van der Waals surface area contributed by atoms with Gasteiger partial charge in [0, 0.05) is 24.3 Å². The Kier molecular flexibility index (Phi) is 7.45. The first-order valence-corrected chi connectivity index (χ1v) is 12.5. The number of thioether (sulfide) groups is 1. The zero-order chi connectivity index (χ0) is 25.1. The number of hydrogen-bond acceptors (Lipinski definition) is 8. The smallest absolute Gasteiger partial charge is 0.247 e. The molecule has 0 N–H and O–H groups in total. The van der Waals surface area contributed by atoms with Gasteiger partial charge in [-0.1, -0.05) is 37.2 Å². The van der Waals surface area contributed by atoms with Crippen molar-refractivity contribution >= 4 is 23.4 Å². The lowest BCUT2D eigenvalue weighted by Crippen LogP contribution is -2.36. The molecule has 3 aromatic rings. The molecule has 0 saturated carbocycles. The molecule has 9 heteroatoms. The maximum atomic E-state index is 13.0. The average Bonchev–Trinajstić information content (AvgIpc) is 2.97. The summed E-state index contributed by atoms with van der Waals surface area (Å²) in [5.41, 5.74) is 3.59. The molecule has 1 aromatic heterocycles. The van der Waals surface area contributed by atoms with Crippen LogP contribution in [0.15, 0.2) is 41.6 Å². The van der Waals surface area contributed by atoms with Crippen molar-refractivity contribution in [2.24, 2.45) is 5.92 Å². The molecule has 1 aliphatic rings. The lowest BCUT2D eigenvalue weighted by Gasteiger charge is -2.30. The summed E-state index contributed by atoms with van der Waals surface area (Å²) in [6.07, 6.45) is 0.207. The van der Waals surface area contributed by atoms with E-state index in [1.54, 1.807) is 36.9 Å². The summed E-state index contributed by atoms with van der Waals surface area (Å²) >= 11 is 1.54. The first-order chi connectivity index (χ1) is 16.8. The van der Waals surface area contributed by atoms with Crippen molar-refractivity contribution in [1.29, 1.82) is 0 Å². The van der Waals surface area contributed by atoms with Crippen LogP contribution < -0.4 is 19.1 Å². The minimum absolute atomic E-state index is 0.190. The Morgan fingerprint density at radius 3 is 2.63 bits per heavy atom. The molecule has 4 rings (SSSR count). The van der Waals surface area contributed by atoms with Crippen LogP contribution in [0.5, 0.6) is 17.4 Å². The number of fused-ring (bicyclic) bond motifs is 3. The van der Waals surface area contributed by atoms with Gasteiger partial charge in [0.2, 0.25) is 23.2 Å². The number of benzene rings is 2. The van der Waals surface area contributed by atoms with Gasteiger partial charge >= 0.3 is 0 Å². The SMILES string of the molecule is COc1ccc([C@@H]2Oc3nc(SCCC(C)C)nnc3-c3cc(C)ccc3N2C(C)=O)c(OC)c1. The van der Waals surface area contributed by atoms with E-state index in [2.05, 4.69) is 24.0 Å². The Morgan fingerprint density at radius 2 is 1.94 bits per heavy atom. The number of ether oxygens (including phenoxy) is 3. The predicted octanol–water partition coefficient (Wildman–Crippen LogP) is 5.45. The molecule has 0 radical (unpaired) electrons. The minimum atomic E-state index is -0.832. The molecular weight excluding hydrogens is 464 g/mol. The molecule has 0 aliphatic carbocycles. The summed E-state index contributed by atoms with van der Waals surface area (Å²) in [6, 6.07) is 11.3. The fourth-order valence-electron chi connectivity index (χ4n) is 3.89. The molecule has 1 aliphatic heterocycles. The van der Waals surface area contributed by atoms with Crippen molar-refractivity contribution in [2.45, 2.75) is 45.5 Å². The van der Waals surface area contributed by atoms with E-state index < -0.39 is 6.23 Å². The molecule has 2 aromatic carbocycles. The zero-order valence-electron chi connectivity index (χ0n) is 20.9. The van der Waals surface area contributed by atoms with Gasteiger partial charge in [0.1, 0.15) is 11.5 Å². The van der Waals surface area contributed by atoms with Crippen molar-refractivity contribution in [1.82, 2.24) is 15.2 Å². The van der Waals surface area contributed by atoms with E-state index in [1.807, 2.05) is 37.3 Å². The second kappa shape index (κ2) is 10.5. The standard InChI is InChI=1S/C26H30N4O4S/c1-15(2)11-12-35-26-27-24-23(28-29-26)20-13-16(3)7-10-21(20)30(17(4)31)25(34-24)19-9-8-18(32-5)14-22(19)33-6/h7-10,13-15,25H,11-12H2,1-6H3/t25-/m0/s1. The largest absolute Gasteiger partial charge is 0.497 e. The summed E-state index contributed by atoms with van der Waals surface area (Å²) in [6.45, 7) is 7.87. The van der Waals surface area contributed by atoms with Crippen LogP contribution in [-0.2, 0) is 4.79 Å². The van der Waals surface area contributed by atoms with Crippen molar-refractivity contribution < 1.29 is 19.0 Å². The van der Waals surface area contributed by atoms with E-state index in [1.165, 1.54) is 6.92 Å². The molecule has 1 amide bonds. The third-order valence-corrected chi connectivity index (χ3v) is 6.60. The highest BCUT2D eigenvalue weighted by Gasteiger charge is 2.36. The monoisotopic (exact) mass is 494 g/mol. The lowest BCUT2D eigenvalue weighted by atomic mass is 10.0. The molecule has 0 unspecified atom stereocenters. The number of nitrogens with zero attached hydrogens (tertiary/aromatic N) is 4. The molecular formula is C26H30N4O4S. The van der Waals surface area contributed by atoms with Crippen LogP contribution in [0.3, 0.4) is 0 Å². The van der Waals surface area contributed by atoms with Crippen LogP contribution in [0, 0.1) is 12.8 Å². The van der Waals surface area contributed by atoms with Gasteiger partial charge in [0.05, 0.1) is 25.5 Å². The van der Waals surface area contributed by atoms with Crippen LogP contribution >= 0.6 is 11.8 Å². The van der Waals surface area contributed by atoms with E-state index in [4.69, 9.17) is 19.2 Å². The lowest BCUT2D eigenvalue weighted by molar-refractivity contribution is -0.118. The van der Waals surface area contributed by atoms with Gasteiger partial charge in [-0.15, -0.1) is 10.2 Å². The number of carbonyl (C=O) groups excluding carboxylic acids is 1. The number of methoxy groups -OCH3 is 2. The van der Waals surface area contributed by atoms with E-state index in [-0.39, 0.29) is 5.91 Å². The fourth-order valence-corrected chi connectivity index (χ4v) is 4.91. The molecule has 0 spiro atoms. The highest BCUT2D eigenvalue weighted by atomic mass is 32.2. The molecule has 0 saturated heterocycles. The van der Waals surface area contributed by atoms with E-state index in [0.717, 1.165) is 23.3 Å². The quantitative estimate of drug-likeness (QED) is 0.401. The Labute approximate surface area is 210 Å². The van der Waals surface area contributed by atoms with E-state index in [9.17, 15) is 4.79 Å². The van der Waals surface area contributed by atoms with Crippen molar-refractivity contribution in [3.05, 3.63) is 47.5 Å². The third kappa shape index (κ3) is 5.19. The number of hydrogen-bond donors (Lipinski definition) is 0. The number of carbonyl (C=O) groups is 1. The highest BCUT2D eigenvalue weighted by molar-refractivity contribution is 7.99. The van der Waals surface area contributed by atoms with Gasteiger partial charge in [-0.05, 0) is 43.5 Å². The van der Waals surface area contributed by atoms with Gasteiger partial charge < -0.3 is 14.2 Å². The average molecular weight is 495 g/mol. The van der Waals surface area contributed by atoms with Gasteiger partial charge in [-0.2, -0.15) is 4.98 Å². The molecule has 8 nitrogen and oxygen atoms in total. The summed E-state index contributed by atoms with van der Waals surface area (Å²) in [7, 11) is 3.17. The van der Waals surface area contributed by atoms with Crippen LogP contribution in [0.1, 0.15) is 44.5 Å². The van der Waals surface area contributed by atoms with E-state index >= 15 is 0 Å². The third-order valence-electron chi connectivity index (χ3n) is 5.73. The van der Waals surface area contributed by atoms with Crippen molar-refractivity contribution in [3.63, 3.8) is 0 Å². The maximum absolute atomic E-state index is 13.0. The highest BCUT2D eigenvalue weighted by Crippen LogP contribution is 2.45. The normalized spacial score (nSPS) is 14.6. The summed E-state index contributed by atoms with van der Waals surface area (Å²) < 4.78 is 17.5. The number of amides is 1. The summed E-state index contributed by atoms with van der Waals surface area (Å²) in [5.74, 6) is 2.77. The van der Waals surface area contributed by atoms with Gasteiger partial charge in [0.15, 0.2) is 5.69 Å². The fraction of sp³-hybridized carbons (Fsp3) is 0.385. The zero-order valence-corrected chi connectivity index (χ0v) is 21.7. The Morgan fingerprint density at radius 1 is 1.14 bits per heavy atom.